The zero-order valence-corrected chi connectivity index (χ0v) is 35.2. The number of hydrogen-bond acceptors (Lipinski definition) is 18. The van der Waals surface area contributed by atoms with Crippen LogP contribution >= 0.6 is 0 Å². The predicted octanol–water partition coefficient (Wildman–Crippen LogP) is 2.33. The lowest BCUT2D eigenvalue weighted by molar-refractivity contribution is -0.171. The molecule has 0 aromatic carbocycles. The summed E-state index contributed by atoms with van der Waals surface area (Å²) < 4.78 is 0. The van der Waals surface area contributed by atoms with Gasteiger partial charge in [-0.1, -0.05) is 28.7 Å². The van der Waals surface area contributed by atoms with Gasteiger partial charge in [0.05, 0.1) is 27.1 Å². The number of amides is 2. The van der Waals surface area contributed by atoms with E-state index in [4.69, 9.17) is 9.94 Å². The minimum absolute atomic E-state index is 0. The van der Waals surface area contributed by atoms with Gasteiger partial charge in [-0.15, -0.1) is 0 Å². The Morgan fingerprint density at radius 2 is 0.842 bits per heavy atom. The van der Waals surface area contributed by atoms with E-state index >= 15 is 0 Å². The molecule has 57 heavy (non-hydrogen) atoms. The molecule has 14 N–H and O–H groups in total. The molecule has 0 saturated heterocycles. The first-order chi connectivity index (χ1) is 25.5. The van der Waals surface area contributed by atoms with Crippen LogP contribution in [0.3, 0.4) is 0 Å². The summed E-state index contributed by atoms with van der Waals surface area (Å²) in [6, 6.07) is -0.786. The number of carbonyl (C=O) groups is 6. The van der Waals surface area contributed by atoms with Crippen molar-refractivity contribution in [3.8, 4) is 0 Å². The zero-order valence-electron chi connectivity index (χ0n) is 35.2. The van der Waals surface area contributed by atoms with E-state index in [0.717, 1.165) is 12.2 Å². The van der Waals surface area contributed by atoms with Crippen LogP contribution in [0.2, 0.25) is 0 Å². The van der Waals surface area contributed by atoms with Crippen LogP contribution in [0.1, 0.15) is 109 Å². The van der Waals surface area contributed by atoms with Crippen LogP contribution in [0.5, 0.6) is 0 Å². The molecule has 0 aromatic rings. The molecule has 0 aliphatic heterocycles. The molecule has 2 amide bonds. The molecule has 0 radical (unpaired) electrons. The Labute approximate surface area is 339 Å². The predicted molar refractivity (Wildman–Crippen MR) is 218 cm³/mol. The van der Waals surface area contributed by atoms with Gasteiger partial charge in [-0.05, 0) is 116 Å². The molecule has 0 aliphatic rings. The van der Waals surface area contributed by atoms with Crippen LogP contribution in [-0.4, -0.2) is 101 Å². The quantitative estimate of drug-likeness (QED) is 0.0494. The van der Waals surface area contributed by atoms with Crippen molar-refractivity contribution in [3.63, 3.8) is 0 Å². The molecular weight excluding hydrogens is 754 g/mol. The first-order valence-corrected chi connectivity index (χ1v) is 16.6. The second-order valence-corrected chi connectivity index (χ2v) is 12.5. The highest BCUT2D eigenvalue weighted by Crippen LogP contribution is 2.45. The lowest BCUT2D eigenvalue weighted by Crippen LogP contribution is -2.46. The van der Waals surface area contributed by atoms with Crippen molar-refractivity contribution in [2.24, 2.45) is 66.1 Å². The Morgan fingerprint density at radius 1 is 0.561 bits per heavy atom. The van der Waals surface area contributed by atoms with Crippen molar-refractivity contribution in [2.45, 2.75) is 109 Å². The lowest BCUT2D eigenvalue weighted by Gasteiger charge is -2.38. The van der Waals surface area contributed by atoms with E-state index in [1.807, 2.05) is 5.48 Å². The first-order valence-electron chi connectivity index (χ1n) is 16.6. The largest absolute Gasteiger partial charge is 0.481 e. The summed E-state index contributed by atoms with van der Waals surface area (Å²) in [4.78, 5) is 104. The van der Waals surface area contributed by atoms with Gasteiger partial charge in [0.15, 0.2) is 0 Å². The maximum atomic E-state index is 12.7. The van der Waals surface area contributed by atoms with Gasteiger partial charge in [0.1, 0.15) is 0 Å². The van der Waals surface area contributed by atoms with Gasteiger partial charge in [-0.25, -0.2) is 28.8 Å². The highest BCUT2D eigenvalue weighted by molar-refractivity contribution is 5.83. The van der Waals surface area contributed by atoms with Crippen molar-refractivity contribution in [2.75, 3.05) is 42.3 Å². The highest BCUT2D eigenvalue weighted by Gasteiger charge is 2.50. The molecule has 0 fully saturated rings. The van der Waals surface area contributed by atoms with Gasteiger partial charge in [0, 0.05) is 17.4 Å². The fourth-order valence-electron chi connectivity index (χ4n) is 4.50. The average molecular weight is 832 g/mol. The molecule has 22 nitrogen and oxygen atoms in total. The van der Waals surface area contributed by atoms with Crippen molar-refractivity contribution < 1.29 is 63.1 Å². The van der Waals surface area contributed by atoms with Crippen LogP contribution < -0.4 is 39.5 Å². The Bertz CT molecular complexity index is 1220. The number of hydrogen-bond donors (Lipinski definition) is 9. The number of isocyanates is 2. The first kappa shape index (κ1) is 73.3. The molecule has 0 saturated carbocycles. The number of hydroxylamine groups is 1. The molecule has 0 aliphatic carbocycles. The molecule has 0 heterocycles. The van der Waals surface area contributed by atoms with Crippen molar-refractivity contribution in [3.05, 3.63) is 0 Å². The molecule has 3 atom stereocenters. The summed E-state index contributed by atoms with van der Waals surface area (Å²) in [7, 11) is 8.81. The number of rotatable bonds is 15. The Hall–Kier alpha value is -4.82. The Balaban J connectivity index is -0.0000000975. The maximum Gasteiger partial charge on any atom is 0.347 e. The standard InChI is InChI=1S/C17H27N3O8.C11H17NO5.5CH5N.2CH4/c1-7-16(4,11(22)23)9-17(5,13(25)28-20-14(26)18-6)8-15(2,3)12(24)27-19-10-21;1-5-11(4,8(14)15)6-10(2,3)9(16)17-12-7-13;5*1-2;;/h7-9H2,1-6H3,(H,22,23)(H2,18,20,26);5-6H2,1-4H3,(H,14,15);5*2H2,1H3;2*1H4. The number of aliphatic carboxylic acids is 2. The van der Waals surface area contributed by atoms with E-state index in [2.05, 4.69) is 54.0 Å². The maximum absolute atomic E-state index is 12.7. The number of urea groups is 1. The van der Waals surface area contributed by atoms with Crippen molar-refractivity contribution in [1.82, 2.24) is 10.8 Å². The molecule has 0 aromatic heterocycles. The van der Waals surface area contributed by atoms with Crippen LogP contribution in [0.25, 0.3) is 0 Å². The molecule has 0 spiro atoms. The molecule has 340 valence electrons. The Kier molecular flexibility index (Phi) is 50.7. The van der Waals surface area contributed by atoms with Crippen molar-refractivity contribution in [1.29, 1.82) is 0 Å². The van der Waals surface area contributed by atoms with Gasteiger partial charge in [0.2, 0.25) is 0 Å². The number of carboxylic acid groups (broad SMARTS) is 2. The minimum atomic E-state index is -1.50. The number of nitrogens with zero attached hydrogens (tertiary/aromatic N) is 2. The Morgan fingerprint density at radius 3 is 1.09 bits per heavy atom. The molecule has 0 bridgehead atoms. The van der Waals surface area contributed by atoms with E-state index in [1.165, 1.54) is 70.0 Å². The third-order valence-electron chi connectivity index (χ3n) is 7.43. The fraction of sp³-hybridized carbons (Fsp3) is 0.771. The van der Waals surface area contributed by atoms with Gasteiger partial charge < -0.3 is 58.7 Å². The van der Waals surface area contributed by atoms with E-state index in [-0.39, 0.29) is 40.5 Å². The number of carbonyl (C=O) groups excluding carboxylic acids is 6. The normalized spacial score (nSPS) is 12.2. The SMILES string of the molecule is C.C.CCC(C)(CC(C)(C)C(=O)ON=C=O)C(=O)O.CCC(C)(CC(C)(CC(C)(C)C(=O)ON=C=O)C(=O)ONC(=O)NC)C(=O)O.CN.CN.CN.CN.CN. The summed E-state index contributed by atoms with van der Waals surface area (Å²) in [6.07, 6.45) is 2.45. The van der Waals surface area contributed by atoms with E-state index in [0.29, 0.717) is 6.42 Å². The molecule has 0 rings (SSSR count). The molecule has 22 heteroatoms. The minimum Gasteiger partial charge on any atom is -0.481 e. The second kappa shape index (κ2) is 39.4. The topological polar surface area (TPSA) is 384 Å². The summed E-state index contributed by atoms with van der Waals surface area (Å²) in [5.74, 6) is -4.69. The molecule has 3 unspecified atom stereocenters. The van der Waals surface area contributed by atoms with Crippen LogP contribution in [0, 0.1) is 27.1 Å². The van der Waals surface area contributed by atoms with E-state index < -0.39 is 63.0 Å². The summed E-state index contributed by atoms with van der Waals surface area (Å²) >= 11 is 0. The lowest BCUT2D eigenvalue weighted by atomic mass is 9.65. The average Bonchev–Trinajstić information content (AvgIpc) is 3.18. The molecular formula is C35H77N9O13. The monoisotopic (exact) mass is 832 g/mol. The van der Waals surface area contributed by atoms with E-state index in [9.17, 15) is 43.5 Å². The number of nitrogens with two attached hydrogens (primary N) is 5. The summed E-state index contributed by atoms with van der Waals surface area (Å²) in [5.41, 5.74) is 18.2. The zero-order chi connectivity index (χ0) is 45.9. The van der Waals surface area contributed by atoms with Crippen LogP contribution in [0.4, 0.5) is 4.79 Å². The third kappa shape index (κ3) is 30.1. The van der Waals surface area contributed by atoms with Gasteiger partial charge >= 0.3 is 35.9 Å². The van der Waals surface area contributed by atoms with Crippen molar-refractivity contribution >= 4 is 48.0 Å². The summed E-state index contributed by atoms with van der Waals surface area (Å²) in [5, 5.41) is 26.4. The van der Waals surface area contributed by atoms with Gasteiger partial charge in [0.25, 0.3) is 12.2 Å². The third-order valence-corrected chi connectivity index (χ3v) is 7.43. The smallest absolute Gasteiger partial charge is 0.347 e. The van der Waals surface area contributed by atoms with Crippen LogP contribution in [0.15, 0.2) is 10.3 Å². The van der Waals surface area contributed by atoms with E-state index in [1.54, 1.807) is 34.6 Å². The fourth-order valence-corrected chi connectivity index (χ4v) is 4.50. The van der Waals surface area contributed by atoms with Gasteiger partial charge in [-0.2, -0.15) is 5.48 Å². The highest BCUT2D eigenvalue weighted by atomic mass is 16.7. The van der Waals surface area contributed by atoms with Crippen LogP contribution in [-0.2, 0) is 48.1 Å². The second-order valence-electron chi connectivity index (χ2n) is 12.5. The summed E-state index contributed by atoms with van der Waals surface area (Å²) in [6.45, 7) is 13.8. The van der Waals surface area contributed by atoms with Gasteiger partial charge in [-0.3, -0.25) is 9.59 Å². The number of nitrogens with one attached hydrogen (secondary N) is 2. The number of carboxylic acids is 2.